The molecule has 9 heteroatoms. The van der Waals surface area contributed by atoms with Gasteiger partial charge in [0, 0.05) is 25.3 Å². The van der Waals surface area contributed by atoms with Gasteiger partial charge in [0.05, 0.1) is 30.9 Å². The van der Waals surface area contributed by atoms with Crippen LogP contribution in [0.5, 0.6) is 0 Å². The van der Waals surface area contributed by atoms with Gasteiger partial charge in [-0.3, -0.25) is 9.69 Å². The van der Waals surface area contributed by atoms with Crippen molar-refractivity contribution >= 4 is 24.2 Å². The number of morpholine rings is 1. The van der Waals surface area contributed by atoms with Crippen LogP contribution in [0.2, 0.25) is 0 Å². The van der Waals surface area contributed by atoms with Gasteiger partial charge in [-0.05, 0) is 39.8 Å². The highest BCUT2D eigenvalue weighted by molar-refractivity contribution is 5.86. The highest BCUT2D eigenvalue weighted by Gasteiger charge is 2.35. The van der Waals surface area contributed by atoms with E-state index >= 15 is 0 Å². The second-order valence-corrected chi connectivity index (χ2v) is 7.86. The Morgan fingerprint density at radius 3 is 2.83 bits per heavy atom. The monoisotopic (exact) mass is 405 g/mol. The minimum atomic E-state index is -0.726. The molecule has 2 rings (SSSR count). The Kier molecular flexibility index (Phi) is 7.44. The molecule has 0 spiro atoms. The van der Waals surface area contributed by atoms with E-state index in [1.54, 1.807) is 40.1 Å². The molecule has 1 unspecified atom stereocenters. The number of nitrogens with zero attached hydrogens (tertiary/aromatic N) is 3. The molecule has 1 aliphatic heterocycles. The van der Waals surface area contributed by atoms with Crippen LogP contribution in [-0.4, -0.2) is 64.4 Å². The van der Waals surface area contributed by atoms with Crippen LogP contribution in [0, 0.1) is 0 Å². The van der Waals surface area contributed by atoms with Crippen molar-refractivity contribution in [3.8, 4) is 0 Å². The fourth-order valence-electron chi connectivity index (χ4n) is 2.89. The fourth-order valence-corrected chi connectivity index (χ4v) is 2.89. The molecule has 2 heterocycles. The predicted molar refractivity (Wildman–Crippen MR) is 111 cm³/mol. The quantitative estimate of drug-likeness (QED) is 0.743. The van der Waals surface area contributed by atoms with Gasteiger partial charge in [-0.2, -0.15) is 0 Å². The molecule has 1 saturated heterocycles. The van der Waals surface area contributed by atoms with Crippen molar-refractivity contribution < 1.29 is 19.1 Å². The lowest BCUT2D eigenvalue weighted by atomic mass is 10.2. The lowest BCUT2D eigenvalue weighted by Gasteiger charge is -2.35. The normalized spacial score (nSPS) is 17.7. The molecule has 29 heavy (non-hydrogen) atoms. The van der Waals surface area contributed by atoms with Crippen LogP contribution in [0.1, 0.15) is 39.1 Å². The summed E-state index contributed by atoms with van der Waals surface area (Å²) in [4.78, 5) is 30.8. The van der Waals surface area contributed by atoms with Crippen molar-refractivity contribution in [1.29, 1.82) is 0 Å². The Balaban J connectivity index is 1.99. The van der Waals surface area contributed by atoms with E-state index < -0.39 is 17.7 Å². The van der Waals surface area contributed by atoms with E-state index in [2.05, 4.69) is 16.9 Å². The number of rotatable bonds is 6. The maximum atomic E-state index is 12.7. The van der Waals surface area contributed by atoms with Gasteiger partial charge in [0.25, 0.3) is 0 Å². The Bertz CT molecular complexity index is 774. The first kappa shape index (κ1) is 22.5. The van der Waals surface area contributed by atoms with Crippen molar-refractivity contribution in [1.82, 2.24) is 19.8 Å². The van der Waals surface area contributed by atoms with Gasteiger partial charge in [-0.1, -0.05) is 6.58 Å². The van der Waals surface area contributed by atoms with Gasteiger partial charge >= 0.3 is 6.09 Å². The number of carbonyl (C=O) groups is 2. The van der Waals surface area contributed by atoms with Gasteiger partial charge in [0.1, 0.15) is 11.6 Å². The summed E-state index contributed by atoms with van der Waals surface area (Å²) in [6, 6.07) is -0.726. The molecule has 9 nitrogen and oxygen atoms in total. The lowest BCUT2D eigenvalue weighted by Crippen LogP contribution is -2.57. The molecule has 1 aliphatic rings. The van der Waals surface area contributed by atoms with E-state index in [1.807, 2.05) is 10.6 Å². The molecule has 2 amide bonds. The Hall–Kier alpha value is -2.81. The van der Waals surface area contributed by atoms with Crippen molar-refractivity contribution in [3.05, 3.63) is 30.0 Å². The van der Waals surface area contributed by atoms with Crippen LogP contribution >= 0.6 is 0 Å². The number of nitrogens with two attached hydrogens (primary N) is 1. The fraction of sp³-hybridized carbons (Fsp3) is 0.550. The number of allylic oxidation sites excluding steroid dienone is 1. The van der Waals surface area contributed by atoms with E-state index in [0.29, 0.717) is 31.9 Å². The second kappa shape index (κ2) is 9.60. The molecule has 0 saturated carbocycles. The van der Waals surface area contributed by atoms with Gasteiger partial charge in [-0.15, -0.1) is 0 Å². The number of aromatic nitrogens is 2. The Labute approximate surface area is 171 Å². The third-order valence-electron chi connectivity index (χ3n) is 4.18. The molecule has 1 aromatic rings. The van der Waals surface area contributed by atoms with Crippen LogP contribution in [0.3, 0.4) is 0 Å². The third-order valence-corrected chi connectivity index (χ3v) is 4.18. The summed E-state index contributed by atoms with van der Waals surface area (Å²) >= 11 is 0. The van der Waals surface area contributed by atoms with E-state index in [4.69, 9.17) is 15.2 Å². The molecule has 0 aromatic carbocycles. The summed E-state index contributed by atoms with van der Waals surface area (Å²) < 4.78 is 12.7. The zero-order chi connectivity index (χ0) is 21.6. The van der Waals surface area contributed by atoms with Gasteiger partial charge < -0.3 is 25.1 Å². The van der Waals surface area contributed by atoms with Crippen molar-refractivity contribution in [2.24, 2.45) is 5.73 Å². The van der Waals surface area contributed by atoms with Gasteiger partial charge in [0.2, 0.25) is 5.91 Å². The first-order valence-corrected chi connectivity index (χ1v) is 9.59. The summed E-state index contributed by atoms with van der Waals surface area (Å²) in [5.74, 6) is -0.285. The van der Waals surface area contributed by atoms with Gasteiger partial charge in [-0.25, -0.2) is 9.78 Å². The molecule has 160 valence electrons. The topological polar surface area (TPSA) is 112 Å². The molecule has 0 aliphatic carbocycles. The molecule has 0 radical (unpaired) electrons. The minimum absolute atomic E-state index is 0.136. The minimum Gasteiger partial charge on any atom is -0.444 e. The molecular formula is C20H31N5O4. The predicted octanol–water partition coefficient (Wildman–Crippen LogP) is 1.60. The summed E-state index contributed by atoms with van der Waals surface area (Å²) in [6.07, 6.45) is 4.62. The summed E-state index contributed by atoms with van der Waals surface area (Å²) in [5.41, 5.74) is 7.35. The van der Waals surface area contributed by atoms with Crippen molar-refractivity contribution in [3.63, 3.8) is 0 Å². The number of carbonyl (C=O) groups excluding carboxylic acids is 2. The molecule has 3 N–H and O–H groups in total. The summed E-state index contributed by atoms with van der Waals surface area (Å²) in [6.45, 7) is 12.6. The maximum absolute atomic E-state index is 12.7. The van der Waals surface area contributed by atoms with Gasteiger partial charge in [0.15, 0.2) is 0 Å². The third kappa shape index (κ3) is 6.35. The van der Waals surface area contributed by atoms with Crippen LogP contribution in [0.4, 0.5) is 4.79 Å². The Morgan fingerprint density at radius 1 is 1.48 bits per heavy atom. The number of hydrogen-bond donors (Lipinski definition) is 2. The summed E-state index contributed by atoms with van der Waals surface area (Å²) in [5, 5.41) is 2.86. The van der Waals surface area contributed by atoms with Crippen LogP contribution in [0.25, 0.3) is 12.2 Å². The molecular weight excluding hydrogens is 374 g/mol. The standard InChI is InChI=1S/C20H31N5O4/c1-6-15-16(11-14(2)21)24(13-23-15)8-7-22-18(26)17-12-28-10-9-25(17)19(27)29-20(3,4)5/h6,11,13,17H,1,7-10,12,21H2,2-5H3,(H,22,26)/b14-11+. The number of amides is 2. The highest BCUT2D eigenvalue weighted by atomic mass is 16.6. The molecule has 1 aromatic heterocycles. The first-order chi connectivity index (χ1) is 13.6. The number of imidazole rings is 1. The zero-order valence-electron chi connectivity index (χ0n) is 17.6. The average Bonchev–Trinajstić information content (AvgIpc) is 3.01. The van der Waals surface area contributed by atoms with E-state index in [9.17, 15) is 9.59 Å². The average molecular weight is 405 g/mol. The van der Waals surface area contributed by atoms with Crippen LogP contribution in [-0.2, 0) is 20.8 Å². The van der Waals surface area contributed by atoms with E-state index in [0.717, 1.165) is 11.4 Å². The number of nitrogens with one attached hydrogen (secondary N) is 1. The van der Waals surface area contributed by atoms with E-state index in [-0.39, 0.29) is 12.5 Å². The lowest BCUT2D eigenvalue weighted by molar-refractivity contribution is -0.132. The second-order valence-electron chi connectivity index (χ2n) is 7.86. The highest BCUT2D eigenvalue weighted by Crippen LogP contribution is 2.15. The first-order valence-electron chi connectivity index (χ1n) is 9.59. The van der Waals surface area contributed by atoms with E-state index in [1.165, 1.54) is 4.90 Å². The number of ether oxygens (including phenoxy) is 2. The molecule has 1 atom stereocenters. The SMILES string of the molecule is C=Cc1ncn(CCNC(=O)C2COCCN2C(=O)OC(C)(C)C)c1/C=C(\C)N. The Morgan fingerprint density at radius 2 is 2.21 bits per heavy atom. The molecule has 0 bridgehead atoms. The maximum Gasteiger partial charge on any atom is 0.411 e. The zero-order valence-corrected chi connectivity index (χ0v) is 17.6. The summed E-state index contributed by atoms with van der Waals surface area (Å²) in [7, 11) is 0. The largest absolute Gasteiger partial charge is 0.444 e. The van der Waals surface area contributed by atoms with Crippen LogP contribution in [0.15, 0.2) is 18.6 Å². The smallest absolute Gasteiger partial charge is 0.411 e. The molecule has 1 fully saturated rings. The van der Waals surface area contributed by atoms with Crippen molar-refractivity contribution in [2.75, 3.05) is 26.3 Å². The number of hydrogen-bond acceptors (Lipinski definition) is 6. The van der Waals surface area contributed by atoms with Crippen LogP contribution < -0.4 is 11.1 Å². The van der Waals surface area contributed by atoms with Crippen molar-refractivity contribution in [2.45, 2.75) is 45.9 Å².